The van der Waals surface area contributed by atoms with Crippen molar-refractivity contribution in [3.8, 4) is 5.75 Å². The molecule has 1 fully saturated rings. The number of imidazole rings is 1. The van der Waals surface area contributed by atoms with Crippen molar-refractivity contribution in [1.29, 1.82) is 0 Å². The van der Waals surface area contributed by atoms with Gasteiger partial charge in [-0.3, -0.25) is 4.79 Å². The number of fused-ring (bicyclic) bond motifs is 1. The number of nitrogens with one attached hydrogen (secondary N) is 1. The number of methoxy groups -OCH3 is 1. The second kappa shape index (κ2) is 16.7. The van der Waals surface area contributed by atoms with Gasteiger partial charge < -0.3 is 34.6 Å². The van der Waals surface area contributed by atoms with Crippen molar-refractivity contribution in [1.82, 2.24) is 29.0 Å². The average molecular weight is 721 g/mol. The quantitative estimate of drug-likeness (QED) is 0.150. The summed E-state index contributed by atoms with van der Waals surface area (Å²) in [6, 6.07) is 20.7. The molecule has 0 bridgehead atoms. The molecule has 3 atom stereocenters. The zero-order chi connectivity index (χ0) is 36.7. The molecule has 274 valence electrons. The van der Waals surface area contributed by atoms with E-state index in [1.807, 2.05) is 80.1 Å². The first kappa shape index (κ1) is 37.7. The van der Waals surface area contributed by atoms with Crippen LogP contribution in [0.15, 0.2) is 83.8 Å². The van der Waals surface area contributed by atoms with Gasteiger partial charge in [-0.1, -0.05) is 56.3 Å². The predicted octanol–water partition coefficient (Wildman–Crippen LogP) is 3.01. The summed E-state index contributed by atoms with van der Waals surface area (Å²) < 4.78 is 36.1. The number of urea groups is 1. The maximum Gasteiger partial charge on any atom is 0.321 e. The van der Waals surface area contributed by atoms with Gasteiger partial charge in [0.1, 0.15) is 17.6 Å². The Kier molecular flexibility index (Phi) is 12.3. The molecule has 0 aliphatic carbocycles. The Morgan fingerprint density at radius 2 is 1.69 bits per heavy atom. The summed E-state index contributed by atoms with van der Waals surface area (Å²) in [5.41, 5.74) is 2.59. The highest BCUT2D eigenvalue weighted by molar-refractivity contribution is 7.89. The molecule has 1 saturated heterocycles. The van der Waals surface area contributed by atoms with E-state index in [1.165, 1.54) is 28.4 Å². The fourth-order valence-electron chi connectivity index (χ4n) is 6.44. The lowest BCUT2D eigenvalue weighted by Crippen LogP contribution is -2.56. The summed E-state index contributed by atoms with van der Waals surface area (Å²) in [5.74, 6) is 0.610. The highest BCUT2D eigenvalue weighted by Crippen LogP contribution is 2.23. The largest absolute Gasteiger partial charge is 0.497 e. The van der Waals surface area contributed by atoms with E-state index in [9.17, 15) is 28.2 Å². The van der Waals surface area contributed by atoms with Gasteiger partial charge in [0, 0.05) is 39.8 Å². The van der Waals surface area contributed by atoms with Crippen LogP contribution < -0.4 is 10.1 Å². The third kappa shape index (κ3) is 8.87. The Bertz CT molecular complexity index is 1880. The van der Waals surface area contributed by atoms with Crippen molar-refractivity contribution in [3.63, 3.8) is 0 Å². The zero-order valence-electron chi connectivity index (χ0n) is 29.6. The minimum Gasteiger partial charge on any atom is -0.497 e. The summed E-state index contributed by atoms with van der Waals surface area (Å²) in [7, 11) is -0.640. The number of rotatable bonds is 17. The Morgan fingerprint density at radius 1 is 1.00 bits per heavy atom. The van der Waals surface area contributed by atoms with Gasteiger partial charge in [0.15, 0.2) is 0 Å². The van der Waals surface area contributed by atoms with Gasteiger partial charge in [-0.2, -0.15) is 4.31 Å². The van der Waals surface area contributed by atoms with E-state index in [4.69, 9.17) is 4.74 Å². The van der Waals surface area contributed by atoms with Crippen LogP contribution in [0.4, 0.5) is 4.79 Å². The number of carbonyl (C=O) groups is 2. The minimum absolute atomic E-state index is 0.0167. The molecule has 13 nitrogen and oxygen atoms in total. The summed E-state index contributed by atoms with van der Waals surface area (Å²) in [5, 5.41) is 24.7. The fourth-order valence-corrected chi connectivity index (χ4v) is 8.06. The number of benzene rings is 3. The van der Waals surface area contributed by atoms with Crippen LogP contribution >= 0.6 is 0 Å². The van der Waals surface area contributed by atoms with Crippen LogP contribution in [-0.4, -0.2) is 112 Å². The number of amides is 3. The van der Waals surface area contributed by atoms with Gasteiger partial charge in [0.2, 0.25) is 15.9 Å². The number of nitrogens with zero attached hydrogens (tertiary/aromatic N) is 5. The van der Waals surface area contributed by atoms with Crippen LogP contribution in [0.1, 0.15) is 31.7 Å². The average Bonchev–Trinajstić information content (AvgIpc) is 3.64. The maximum absolute atomic E-state index is 14.0. The normalized spacial score (nSPS) is 15.5. The summed E-state index contributed by atoms with van der Waals surface area (Å²) in [4.78, 5) is 35.6. The Balaban J connectivity index is 1.35. The highest BCUT2D eigenvalue weighted by Gasteiger charge is 2.39. The second-order valence-electron chi connectivity index (χ2n) is 13.3. The zero-order valence-corrected chi connectivity index (χ0v) is 30.4. The number of aliphatic hydroxyl groups excluding tert-OH is 2. The molecule has 1 aliphatic rings. The molecule has 14 heteroatoms. The van der Waals surface area contributed by atoms with E-state index in [2.05, 4.69) is 10.3 Å². The predicted molar refractivity (Wildman–Crippen MR) is 193 cm³/mol. The van der Waals surface area contributed by atoms with E-state index < -0.39 is 34.1 Å². The molecule has 2 heterocycles. The van der Waals surface area contributed by atoms with E-state index in [0.717, 1.165) is 16.6 Å². The van der Waals surface area contributed by atoms with Gasteiger partial charge in [-0.05, 0) is 60.7 Å². The summed E-state index contributed by atoms with van der Waals surface area (Å²) in [6.45, 7) is 4.14. The van der Waals surface area contributed by atoms with Crippen molar-refractivity contribution < 1.29 is 33.0 Å². The number of hydrogen-bond donors (Lipinski definition) is 3. The third-order valence-corrected chi connectivity index (χ3v) is 11.0. The standard InChI is InChI=1S/C37H48N6O7S/c1-26(2)23-42(51(48,49)29-16-14-28(50-4)15-17-29)24-34(45)31(22-27-10-6-5-7-11-27)39-36(46)33(18-21-44)43-20-19-41(37(43)47)25-35-38-30-12-8-9-13-32(30)40(35)3/h5-17,26,31,33-34,44-45H,18-25H2,1-4H3,(H,39,46)/t31-,33-,34+/m0/s1. The van der Waals surface area contributed by atoms with Crippen molar-refractivity contribution in [2.24, 2.45) is 13.0 Å². The van der Waals surface area contributed by atoms with Crippen LogP contribution in [0.25, 0.3) is 11.0 Å². The number of aliphatic hydroxyl groups is 2. The maximum atomic E-state index is 14.0. The lowest BCUT2D eigenvalue weighted by molar-refractivity contribution is -0.127. The highest BCUT2D eigenvalue weighted by atomic mass is 32.2. The van der Waals surface area contributed by atoms with E-state index in [1.54, 1.807) is 17.0 Å². The topological polar surface area (TPSA) is 158 Å². The lowest BCUT2D eigenvalue weighted by Gasteiger charge is -2.33. The first-order valence-electron chi connectivity index (χ1n) is 17.2. The first-order valence-corrected chi connectivity index (χ1v) is 18.6. The number of para-hydroxylation sites is 2. The van der Waals surface area contributed by atoms with Gasteiger partial charge >= 0.3 is 6.03 Å². The Morgan fingerprint density at radius 3 is 2.33 bits per heavy atom. The van der Waals surface area contributed by atoms with Gasteiger partial charge in [-0.15, -0.1) is 0 Å². The second-order valence-corrected chi connectivity index (χ2v) is 15.2. The molecule has 1 aliphatic heterocycles. The van der Waals surface area contributed by atoms with Crippen LogP contribution in [0.3, 0.4) is 0 Å². The molecule has 0 unspecified atom stereocenters. The Labute approximate surface area is 299 Å². The van der Waals surface area contributed by atoms with E-state index >= 15 is 0 Å². The van der Waals surface area contributed by atoms with Crippen LogP contribution in [0.5, 0.6) is 5.75 Å². The molecule has 3 aromatic carbocycles. The molecule has 3 amide bonds. The van der Waals surface area contributed by atoms with Crippen LogP contribution in [0.2, 0.25) is 0 Å². The smallest absolute Gasteiger partial charge is 0.321 e. The lowest BCUT2D eigenvalue weighted by atomic mass is 10.00. The number of ether oxygens (including phenoxy) is 1. The molecular weight excluding hydrogens is 673 g/mol. The molecule has 5 rings (SSSR count). The molecular formula is C37H48N6O7S. The molecule has 0 radical (unpaired) electrons. The molecule has 1 aromatic heterocycles. The number of carbonyl (C=O) groups excluding carboxylic acids is 2. The third-order valence-electron chi connectivity index (χ3n) is 9.17. The fraction of sp³-hybridized carbons (Fsp3) is 0.432. The summed E-state index contributed by atoms with van der Waals surface area (Å²) >= 11 is 0. The molecule has 51 heavy (non-hydrogen) atoms. The molecule has 4 aromatic rings. The van der Waals surface area contributed by atoms with E-state index in [-0.39, 0.29) is 62.5 Å². The molecule has 3 N–H and O–H groups in total. The number of aryl methyl sites for hydroxylation is 1. The molecule has 0 saturated carbocycles. The number of sulfonamides is 1. The van der Waals surface area contributed by atoms with Crippen molar-refractivity contribution in [2.45, 2.75) is 56.3 Å². The van der Waals surface area contributed by atoms with Gasteiger partial charge in [-0.25, -0.2) is 18.2 Å². The van der Waals surface area contributed by atoms with Crippen LogP contribution in [-0.2, 0) is 34.8 Å². The number of hydrogen-bond acceptors (Lipinski definition) is 8. The first-order chi connectivity index (χ1) is 24.4. The summed E-state index contributed by atoms with van der Waals surface area (Å²) in [6.07, 6.45) is -1.14. The number of aromatic nitrogens is 2. The van der Waals surface area contributed by atoms with Crippen LogP contribution in [0, 0.1) is 5.92 Å². The van der Waals surface area contributed by atoms with Crippen molar-refractivity contribution >= 4 is 33.0 Å². The Hall–Kier alpha value is -4.50. The van der Waals surface area contributed by atoms with Gasteiger partial charge in [0.25, 0.3) is 0 Å². The minimum atomic E-state index is -4.03. The van der Waals surface area contributed by atoms with Crippen molar-refractivity contribution in [2.75, 3.05) is 39.9 Å². The van der Waals surface area contributed by atoms with E-state index in [0.29, 0.717) is 18.1 Å². The van der Waals surface area contributed by atoms with Gasteiger partial charge in [0.05, 0.1) is 41.7 Å². The monoisotopic (exact) mass is 720 g/mol. The van der Waals surface area contributed by atoms with Crippen molar-refractivity contribution in [3.05, 3.63) is 90.3 Å². The SMILES string of the molecule is COc1ccc(S(=O)(=O)N(CC(C)C)C[C@@H](O)[C@H](Cc2ccccc2)NC(=O)[C@H](CCO)N2CCN(Cc3nc4ccccc4n3C)C2=O)cc1. The molecule has 0 spiro atoms.